The Morgan fingerprint density at radius 3 is 1.42 bits per heavy atom. The van der Waals surface area contributed by atoms with Crippen molar-refractivity contribution in [2.24, 2.45) is 0 Å². The van der Waals surface area contributed by atoms with Crippen molar-refractivity contribution in [2.45, 2.75) is 22.6 Å². The number of ether oxygens (including phenoxy) is 1. The zero-order chi connectivity index (χ0) is 23.4. The van der Waals surface area contributed by atoms with Gasteiger partial charge in [-0.25, -0.2) is 9.59 Å². The van der Waals surface area contributed by atoms with E-state index in [2.05, 4.69) is 17.9 Å². The Labute approximate surface area is 179 Å². The van der Waals surface area contributed by atoms with Crippen LogP contribution in [-0.4, -0.2) is 37.9 Å². The first kappa shape index (κ1) is 24.2. The minimum Gasteiger partial charge on any atom is -0.386 e. The van der Waals surface area contributed by atoms with Crippen LogP contribution in [0.15, 0.2) is 71.5 Å². The molecule has 164 valence electrons. The van der Waals surface area contributed by atoms with Gasteiger partial charge in [-0.1, -0.05) is 36.4 Å². The number of hydrogen-bond acceptors (Lipinski definition) is 7. The summed E-state index contributed by atoms with van der Waals surface area (Å²) < 4.78 is 71.0. The number of rotatable bonds is 8. The summed E-state index contributed by atoms with van der Waals surface area (Å²) in [7, 11) is -9.77. The lowest BCUT2D eigenvalue weighted by Crippen LogP contribution is -2.19. The molecule has 0 spiro atoms. The third-order valence-electron chi connectivity index (χ3n) is 4.06. The highest BCUT2D eigenvalue weighted by atomic mass is 32.2. The summed E-state index contributed by atoms with van der Waals surface area (Å²) in [6, 6.07) is 7.31. The summed E-state index contributed by atoms with van der Waals surface area (Å²) in [5, 5.41) is 0. The zero-order valence-corrected chi connectivity index (χ0v) is 17.6. The molecule has 0 aromatic heterocycles. The SMILES string of the molecule is C=CCc1cccc(C(=O)OC(=O)c2cccc(CC=C)c2S(=O)(=O)O)c1S(=O)(=O)O. The van der Waals surface area contributed by atoms with Crippen LogP contribution >= 0.6 is 0 Å². The second-order valence-electron chi connectivity index (χ2n) is 6.20. The van der Waals surface area contributed by atoms with E-state index in [9.17, 15) is 35.5 Å². The van der Waals surface area contributed by atoms with Crippen molar-refractivity contribution in [1.29, 1.82) is 0 Å². The molecule has 0 atom stereocenters. The van der Waals surface area contributed by atoms with Crippen LogP contribution < -0.4 is 0 Å². The normalized spacial score (nSPS) is 11.5. The molecule has 2 N–H and O–H groups in total. The Bertz CT molecular complexity index is 1170. The average Bonchev–Trinajstić information content (AvgIpc) is 2.66. The Balaban J connectivity index is 2.56. The van der Waals surface area contributed by atoms with E-state index in [-0.39, 0.29) is 24.0 Å². The van der Waals surface area contributed by atoms with Crippen LogP contribution in [0.1, 0.15) is 31.8 Å². The molecule has 0 bridgehead atoms. The lowest BCUT2D eigenvalue weighted by Gasteiger charge is -2.12. The van der Waals surface area contributed by atoms with Crippen molar-refractivity contribution in [1.82, 2.24) is 0 Å². The maximum Gasteiger partial charge on any atom is 0.347 e. The van der Waals surface area contributed by atoms with Crippen molar-refractivity contribution in [3.8, 4) is 0 Å². The lowest BCUT2D eigenvalue weighted by molar-refractivity contribution is 0.0391. The Morgan fingerprint density at radius 2 is 1.13 bits per heavy atom. The van der Waals surface area contributed by atoms with E-state index in [0.29, 0.717) is 0 Å². The maximum atomic E-state index is 12.6. The van der Waals surface area contributed by atoms with Gasteiger partial charge in [0.05, 0.1) is 11.1 Å². The summed E-state index contributed by atoms with van der Waals surface area (Å²) in [5.74, 6) is -2.89. The van der Waals surface area contributed by atoms with Crippen LogP contribution in [0.3, 0.4) is 0 Å². The predicted octanol–water partition coefficient (Wildman–Crippen LogP) is 2.63. The fraction of sp³-hybridized carbons (Fsp3) is 0.100. The van der Waals surface area contributed by atoms with Gasteiger partial charge < -0.3 is 4.74 Å². The molecule has 0 aliphatic rings. The number of benzene rings is 2. The molecule has 0 heterocycles. The van der Waals surface area contributed by atoms with Crippen molar-refractivity contribution >= 4 is 32.2 Å². The number of carbonyl (C=O) groups is 2. The fourth-order valence-corrected chi connectivity index (χ4v) is 4.75. The molecular weight excluding hydrogens is 448 g/mol. The quantitative estimate of drug-likeness (QED) is 0.259. The third-order valence-corrected chi connectivity index (χ3v) is 6.06. The van der Waals surface area contributed by atoms with E-state index in [0.717, 1.165) is 12.1 Å². The molecule has 0 unspecified atom stereocenters. The molecule has 0 aliphatic heterocycles. The van der Waals surface area contributed by atoms with Crippen LogP contribution in [0.25, 0.3) is 0 Å². The highest BCUT2D eigenvalue weighted by Gasteiger charge is 2.29. The van der Waals surface area contributed by atoms with Crippen LogP contribution in [0.5, 0.6) is 0 Å². The van der Waals surface area contributed by atoms with E-state index in [1.165, 1.54) is 36.4 Å². The summed E-state index contributed by atoms with van der Waals surface area (Å²) in [6.07, 6.45) is 2.66. The first-order valence-corrected chi connectivity index (χ1v) is 11.5. The van der Waals surface area contributed by atoms with Gasteiger partial charge in [-0.3, -0.25) is 9.11 Å². The third kappa shape index (κ3) is 5.52. The van der Waals surface area contributed by atoms with E-state index >= 15 is 0 Å². The fourth-order valence-electron chi connectivity index (χ4n) is 2.93. The van der Waals surface area contributed by atoms with Gasteiger partial charge in [-0.2, -0.15) is 16.8 Å². The molecule has 11 heteroatoms. The summed E-state index contributed by atoms with van der Waals surface area (Å²) in [5.41, 5.74) is -1.20. The average molecular weight is 466 g/mol. The van der Waals surface area contributed by atoms with Gasteiger partial charge in [0.25, 0.3) is 20.2 Å². The number of esters is 2. The van der Waals surface area contributed by atoms with Gasteiger partial charge in [0.2, 0.25) is 0 Å². The van der Waals surface area contributed by atoms with Crippen molar-refractivity contribution < 1.29 is 40.3 Å². The standard InChI is InChI=1S/C20H18O9S2/c1-3-7-13-9-5-11-15(17(13)30(23,24)25)19(21)29-20(22)16-12-6-10-14(8-4-2)18(16)31(26,27)28/h3-6,9-12H,1-2,7-8H2,(H,23,24,25)(H,26,27,28). The van der Waals surface area contributed by atoms with Gasteiger partial charge in [-0.15, -0.1) is 13.2 Å². The van der Waals surface area contributed by atoms with Gasteiger partial charge in [0.15, 0.2) is 0 Å². The van der Waals surface area contributed by atoms with Gasteiger partial charge >= 0.3 is 11.9 Å². The van der Waals surface area contributed by atoms with Gasteiger partial charge in [0.1, 0.15) is 9.79 Å². The van der Waals surface area contributed by atoms with E-state index in [4.69, 9.17) is 0 Å². The van der Waals surface area contributed by atoms with Crippen LogP contribution in [0.4, 0.5) is 0 Å². The summed E-state index contributed by atoms with van der Waals surface area (Å²) in [6.45, 7) is 6.93. The monoisotopic (exact) mass is 466 g/mol. The predicted molar refractivity (Wildman–Crippen MR) is 110 cm³/mol. The highest BCUT2D eigenvalue weighted by Crippen LogP contribution is 2.25. The van der Waals surface area contributed by atoms with Crippen LogP contribution in [0.2, 0.25) is 0 Å². The molecular formula is C20H18O9S2. The summed E-state index contributed by atoms with van der Waals surface area (Å²) in [4.78, 5) is 23.6. The molecule has 0 saturated carbocycles. The zero-order valence-electron chi connectivity index (χ0n) is 16.0. The van der Waals surface area contributed by atoms with Crippen LogP contribution in [-0.2, 0) is 37.8 Å². The number of carbonyl (C=O) groups excluding carboxylic acids is 2. The molecule has 9 nitrogen and oxygen atoms in total. The number of hydrogen-bond donors (Lipinski definition) is 2. The van der Waals surface area contributed by atoms with Crippen molar-refractivity contribution in [3.63, 3.8) is 0 Å². The maximum absolute atomic E-state index is 12.6. The molecule has 0 aliphatic carbocycles. The molecule has 2 rings (SSSR count). The Hall–Kier alpha value is -3.12. The van der Waals surface area contributed by atoms with E-state index in [1.807, 2.05) is 0 Å². The van der Waals surface area contributed by atoms with Crippen molar-refractivity contribution in [3.05, 3.63) is 84.0 Å². The minimum absolute atomic E-state index is 0.0132. The second kappa shape index (κ2) is 9.35. The lowest BCUT2D eigenvalue weighted by atomic mass is 10.1. The van der Waals surface area contributed by atoms with Crippen molar-refractivity contribution in [2.75, 3.05) is 0 Å². The Kier molecular flexibility index (Phi) is 7.28. The topological polar surface area (TPSA) is 152 Å². The molecule has 0 amide bonds. The molecule has 0 fully saturated rings. The molecule has 0 saturated heterocycles. The molecule has 2 aromatic rings. The van der Waals surface area contributed by atoms with Gasteiger partial charge in [0, 0.05) is 0 Å². The number of allylic oxidation sites excluding steroid dienone is 2. The van der Waals surface area contributed by atoms with Gasteiger partial charge in [-0.05, 0) is 36.1 Å². The first-order valence-electron chi connectivity index (χ1n) is 8.58. The minimum atomic E-state index is -4.88. The van der Waals surface area contributed by atoms with Crippen LogP contribution in [0, 0.1) is 0 Å². The largest absolute Gasteiger partial charge is 0.386 e. The van der Waals surface area contributed by atoms with E-state index in [1.54, 1.807) is 0 Å². The van der Waals surface area contributed by atoms with E-state index < -0.39 is 53.1 Å². The first-order chi connectivity index (χ1) is 14.4. The smallest absolute Gasteiger partial charge is 0.347 e. The highest BCUT2D eigenvalue weighted by molar-refractivity contribution is 7.86. The second-order valence-corrected chi connectivity index (χ2v) is 8.92. The summed E-state index contributed by atoms with van der Waals surface area (Å²) >= 11 is 0. The molecule has 0 radical (unpaired) electrons. The molecule has 2 aromatic carbocycles. The Morgan fingerprint density at radius 1 is 0.774 bits per heavy atom. The molecule has 31 heavy (non-hydrogen) atoms.